The molecule has 0 aromatic heterocycles. The first kappa shape index (κ1) is 18.5. The van der Waals surface area contributed by atoms with E-state index in [-0.39, 0.29) is 9.92 Å². The SMILES string of the molecule is CN1C(=Nc2ccccc2)SCC1(O)c1ccc(Cl)c(S(=O)(=O)Cl)c1. The van der Waals surface area contributed by atoms with Crippen molar-refractivity contribution in [2.45, 2.75) is 10.6 Å². The molecular weight excluding hydrogens is 403 g/mol. The summed E-state index contributed by atoms with van der Waals surface area (Å²) < 4.78 is 23.3. The number of aliphatic hydroxyl groups is 1. The highest BCUT2D eigenvalue weighted by molar-refractivity contribution is 8.14. The third-order valence-electron chi connectivity index (χ3n) is 3.88. The van der Waals surface area contributed by atoms with Crippen LogP contribution in [0.4, 0.5) is 5.69 Å². The van der Waals surface area contributed by atoms with Crippen molar-refractivity contribution in [2.24, 2.45) is 4.99 Å². The van der Waals surface area contributed by atoms with Crippen molar-refractivity contribution in [1.82, 2.24) is 4.90 Å². The molecule has 0 radical (unpaired) electrons. The maximum atomic E-state index is 11.7. The van der Waals surface area contributed by atoms with Gasteiger partial charge in [-0.1, -0.05) is 47.6 Å². The Bertz CT molecular complexity index is 936. The average molecular weight is 417 g/mol. The second kappa shape index (κ2) is 6.81. The molecule has 1 unspecified atom stereocenters. The average Bonchev–Trinajstić information content (AvgIpc) is 2.85. The molecule has 1 saturated heterocycles. The predicted octanol–water partition coefficient (Wildman–Crippen LogP) is 3.78. The summed E-state index contributed by atoms with van der Waals surface area (Å²) in [7, 11) is 3.11. The van der Waals surface area contributed by atoms with Gasteiger partial charge in [-0.25, -0.2) is 13.4 Å². The first-order valence-electron chi connectivity index (χ1n) is 7.19. The zero-order valence-electron chi connectivity index (χ0n) is 13.1. The molecular formula is C16H14Cl2N2O3S2. The third-order valence-corrected chi connectivity index (χ3v) is 6.86. The zero-order chi connectivity index (χ0) is 18.2. The molecule has 0 spiro atoms. The second-order valence-electron chi connectivity index (χ2n) is 5.48. The molecule has 132 valence electrons. The highest BCUT2D eigenvalue weighted by Crippen LogP contribution is 2.40. The van der Waals surface area contributed by atoms with Crippen LogP contribution in [0.5, 0.6) is 0 Å². The van der Waals surface area contributed by atoms with Crippen LogP contribution in [0.1, 0.15) is 5.56 Å². The number of rotatable bonds is 3. The van der Waals surface area contributed by atoms with Gasteiger partial charge in [0.25, 0.3) is 9.05 Å². The van der Waals surface area contributed by atoms with E-state index in [1.54, 1.807) is 18.0 Å². The fourth-order valence-corrected chi connectivity index (χ4v) is 5.15. The maximum Gasteiger partial charge on any atom is 0.262 e. The van der Waals surface area contributed by atoms with E-state index in [2.05, 4.69) is 4.99 Å². The Hall–Kier alpha value is -1.25. The van der Waals surface area contributed by atoms with Gasteiger partial charge < -0.3 is 10.0 Å². The van der Waals surface area contributed by atoms with Crippen molar-refractivity contribution >= 4 is 54.0 Å². The lowest BCUT2D eigenvalue weighted by atomic mass is 10.0. The van der Waals surface area contributed by atoms with Crippen molar-refractivity contribution in [3.63, 3.8) is 0 Å². The molecule has 9 heteroatoms. The van der Waals surface area contributed by atoms with E-state index in [0.29, 0.717) is 16.5 Å². The van der Waals surface area contributed by atoms with Gasteiger partial charge in [0.05, 0.1) is 16.5 Å². The van der Waals surface area contributed by atoms with Crippen LogP contribution in [0, 0.1) is 0 Å². The van der Waals surface area contributed by atoms with Gasteiger partial charge in [0.1, 0.15) is 4.90 Å². The molecule has 1 atom stereocenters. The Balaban J connectivity index is 2.00. The quantitative estimate of drug-likeness (QED) is 0.770. The Morgan fingerprint density at radius 1 is 1.24 bits per heavy atom. The van der Waals surface area contributed by atoms with E-state index in [4.69, 9.17) is 22.3 Å². The number of nitrogens with zero attached hydrogens (tertiary/aromatic N) is 2. The summed E-state index contributed by atoms with van der Waals surface area (Å²) in [6.45, 7) is 0. The van der Waals surface area contributed by atoms with Crippen LogP contribution in [0.2, 0.25) is 5.02 Å². The molecule has 0 saturated carbocycles. The molecule has 3 rings (SSSR count). The number of thioether (sulfide) groups is 1. The van der Waals surface area contributed by atoms with E-state index < -0.39 is 14.8 Å². The Kier molecular flexibility index (Phi) is 5.05. The van der Waals surface area contributed by atoms with Crippen LogP contribution in [-0.2, 0) is 14.8 Å². The topological polar surface area (TPSA) is 70.0 Å². The van der Waals surface area contributed by atoms with Crippen molar-refractivity contribution in [3.8, 4) is 0 Å². The fourth-order valence-electron chi connectivity index (χ4n) is 2.45. The molecule has 2 aromatic carbocycles. The number of aliphatic imine (C=N–C) groups is 1. The van der Waals surface area contributed by atoms with Gasteiger partial charge >= 0.3 is 0 Å². The standard InChI is InChI=1S/C16H14Cl2N2O3S2/c1-20-15(19-12-5-3-2-4-6-12)24-10-16(20,21)11-7-8-13(17)14(9-11)25(18,22)23/h2-9,21H,10H2,1H3. The second-order valence-corrected chi connectivity index (χ2v) is 9.36. The normalized spacial score (nSPS) is 22.6. The van der Waals surface area contributed by atoms with Crippen LogP contribution >= 0.6 is 34.0 Å². The smallest absolute Gasteiger partial charge is 0.262 e. The van der Waals surface area contributed by atoms with Gasteiger partial charge in [-0.3, -0.25) is 0 Å². The number of benzene rings is 2. The molecule has 25 heavy (non-hydrogen) atoms. The Morgan fingerprint density at radius 2 is 1.92 bits per heavy atom. The highest BCUT2D eigenvalue weighted by atomic mass is 35.7. The maximum absolute atomic E-state index is 11.7. The van der Waals surface area contributed by atoms with E-state index >= 15 is 0 Å². The summed E-state index contributed by atoms with van der Waals surface area (Å²) in [6.07, 6.45) is 0. The molecule has 1 N–H and O–H groups in total. The molecule has 2 aromatic rings. The summed E-state index contributed by atoms with van der Waals surface area (Å²) >= 11 is 7.29. The van der Waals surface area contributed by atoms with Gasteiger partial charge in [0.2, 0.25) is 0 Å². The first-order chi connectivity index (χ1) is 11.7. The minimum Gasteiger partial charge on any atom is -0.366 e. The van der Waals surface area contributed by atoms with Crippen molar-refractivity contribution in [3.05, 3.63) is 59.1 Å². The van der Waals surface area contributed by atoms with Crippen LogP contribution in [0.25, 0.3) is 0 Å². The van der Waals surface area contributed by atoms with Crippen molar-refractivity contribution in [1.29, 1.82) is 0 Å². The van der Waals surface area contributed by atoms with Crippen LogP contribution in [0.15, 0.2) is 58.4 Å². The molecule has 1 aliphatic heterocycles. The summed E-state index contributed by atoms with van der Waals surface area (Å²) in [6, 6.07) is 13.7. The Labute approximate surface area is 159 Å². The molecule has 0 aliphatic carbocycles. The number of halogens is 2. The third kappa shape index (κ3) is 3.66. The number of para-hydroxylation sites is 1. The van der Waals surface area contributed by atoms with Gasteiger partial charge in [0.15, 0.2) is 10.9 Å². The van der Waals surface area contributed by atoms with Crippen LogP contribution < -0.4 is 0 Å². The lowest BCUT2D eigenvalue weighted by Crippen LogP contribution is -2.42. The summed E-state index contributed by atoms with van der Waals surface area (Å²) in [5.41, 5.74) is -0.273. The summed E-state index contributed by atoms with van der Waals surface area (Å²) in [4.78, 5) is 5.91. The highest BCUT2D eigenvalue weighted by Gasteiger charge is 2.43. The van der Waals surface area contributed by atoms with Gasteiger partial charge in [-0.2, -0.15) is 0 Å². The summed E-state index contributed by atoms with van der Waals surface area (Å²) in [5.74, 6) is 0.290. The van der Waals surface area contributed by atoms with E-state index in [1.807, 2.05) is 30.3 Å². The lowest BCUT2D eigenvalue weighted by Gasteiger charge is -2.31. The largest absolute Gasteiger partial charge is 0.366 e. The minimum absolute atomic E-state index is 0.00818. The summed E-state index contributed by atoms with van der Waals surface area (Å²) in [5, 5.41) is 11.7. The van der Waals surface area contributed by atoms with E-state index in [0.717, 1.165) is 5.69 Å². The molecule has 5 nitrogen and oxygen atoms in total. The Morgan fingerprint density at radius 3 is 2.56 bits per heavy atom. The number of hydrogen-bond acceptors (Lipinski definition) is 5. The minimum atomic E-state index is -4.02. The predicted molar refractivity (Wildman–Crippen MR) is 102 cm³/mol. The van der Waals surface area contributed by atoms with E-state index in [1.165, 1.54) is 23.9 Å². The van der Waals surface area contributed by atoms with E-state index in [9.17, 15) is 13.5 Å². The van der Waals surface area contributed by atoms with Gasteiger partial charge in [0, 0.05) is 23.3 Å². The van der Waals surface area contributed by atoms with Crippen molar-refractivity contribution in [2.75, 3.05) is 12.8 Å². The molecule has 0 amide bonds. The van der Waals surface area contributed by atoms with Crippen LogP contribution in [0.3, 0.4) is 0 Å². The number of amidine groups is 1. The molecule has 0 bridgehead atoms. The molecule has 1 heterocycles. The molecule has 1 fully saturated rings. The van der Waals surface area contributed by atoms with Gasteiger partial charge in [-0.05, 0) is 24.3 Å². The first-order valence-corrected chi connectivity index (χ1v) is 10.9. The van der Waals surface area contributed by atoms with Crippen molar-refractivity contribution < 1.29 is 13.5 Å². The van der Waals surface area contributed by atoms with Gasteiger partial charge in [-0.15, -0.1) is 0 Å². The lowest BCUT2D eigenvalue weighted by molar-refractivity contribution is -0.0349. The fraction of sp³-hybridized carbons (Fsp3) is 0.188. The van der Waals surface area contributed by atoms with Crippen LogP contribution in [-0.4, -0.2) is 36.4 Å². The zero-order valence-corrected chi connectivity index (χ0v) is 16.2. The monoisotopic (exact) mass is 416 g/mol. The number of hydrogen-bond donors (Lipinski definition) is 1. The molecule has 1 aliphatic rings.